The summed E-state index contributed by atoms with van der Waals surface area (Å²) >= 11 is 12.5. The lowest BCUT2D eigenvalue weighted by Gasteiger charge is -2.15. The van der Waals surface area contributed by atoms with Gasteiger partial charge in [-0.3, -0.25) is 0 Å². The Morgan fingerprint density at radius 2 is 1.76 bits per heavy atom. The molecule has 33 heavy (non-hydrogen) atoms. The lowest BCUT2D eigenvalue weighted by Crippen LogP contribution is -2.17. The molecule has 0 aliphatic heterocycles. The van der Waals surface area contributed by atoms with E-state index in [1.807, 2.05) is 0 Å². The molecule has 0 aliphatic rings. The van der Waals surface area contributed by atoms with Crippen molar-refractivity contribution in [3.63, 3.8) is 0 Å². The van der Waals surface area contributed by atoms with E-state index in [1.165, 1.54) is 31.4 Å². The molecule has 0 saturated heterocycles. The number of benzene rings is 3. The van der Waals surface area contributed by atoms with Crippen LogP contribution in [0.1, 0.15) is 16.7 Å². The van der Waals surface area contributed by atoms with Crippen molar-refractivity contribution in [2.24, 2.45) is 5.14 Å². The van der Waals surface area contributed by atoms with Crippen molar-refractivity contribution in [2.45, 2.75) is 24.5 Å². The minimum absolute atomic E-state index is 0.0694. The summed E-state index contributed by atoms with van der Waals surface area (Å²) in [6, 6.07) is 14.2. The average molecular weight is 513 g/mol. The monoisotopic (exact) mass is 512 g/mol. The van der Waals surface area contributed by atoms with E-state index >= 15 is 0 Å². The molecule has 0 aromatic heterocycles. The molecule has 0 fully saturated rings. The van der Waals surface area contributed by atoms with Gasteiger partial charge in [0.1, 0.15) is 12.4 Å². The van der Waals surface area contributed by atoms with Crippen molar-refractivity contribution < 1.29 is 22.3 Å². The summed E-state index contributed by atoms with van der Waals surface area (Å²) in [5.41, 5.74) is 2.02. The van der Waals surface area contributed by atoms with Crippen LogP contribution in [-0.2, 0) is 29.6 Å². The van der Waals surface area contributed by atoms with Crippen molar-refractivity contribution in [1.29, 1.82) is 0 Å². The zero-order chi connectivity index (χ0) is 24.0. The van der Waals surface area contributed by atoms with E-state index in [4.69, 9.17) is 37.8 Å². The fourth-order valence-electron chi connectivity index (χ4n) is 3.11. The Bertz CT molecular complexity index is 1200. The Labute approximate surface area is 202 Å². The lowest BCUT2D eigenvalue weighted by atomic mass is 10.1. The molecule has 3 rings (SSSR count). The van der Waals surface area contributed by atoms with Gasteiger partial charge in [0.2, 0.25) is 10.0 Å². The molecule has 0 bridgehead atoms. The number of methoxy groups -OCH3 is 1. The van der Waals surface area contributed by atoms with Crippen LogP contribution in [0.5, 0.6) is 11.5 Å². The maximum Gasteiger partial charge on any atom is 0.238 e. The third-order valence-corrected chi connectivity index (χ3v) is 6.56. The average Bonchev–Trinajstić information content (AvgIpc) is 2.77. The van der Waals surface area contributed by atoms with Gasteiger partial charge < -0.3 is 14.8 Å². The van der Waals surface area contributed by atoms with E-state index in [0.29, 0.717) is 36.0 Å². The number of rotatable bonds is 10. The number of halogens is 3. The molecule has 10 heteroatoms. The first kappa shape index (κ1) is 25.3. The van der Waals surface area contributed by atoms with Crippen LogP contribution in [0, 0.1) is 5.82 Å². The van der Waals surface area contributed by atoms with Crippen molar-refractivity contribution in [3.8, 4) is 11.5 Å². The van der Waals surface area contributed by atoms with E-state index < -0.39 is 15.8 Å². The largest absolute Gasteiger partial charge is 0.493 e. The van der Waals surface area contributed by atoms with Crippen molar-refractivity contribution in [3.05, 3.63) is 87.2 Å². The zero-order valence-electron chi connectivity index (χ0n) is 17.8. The summed E-state index contributed by atoms with van der Waals surface area (Å²) in [5.74, 6) is 0.385. The van der Waals surface area contributed by atoms with Crippen LogP contribution in [0.25, 0.3) is 0 Å². The summed E-state index contributed by atoms with van der Waals surface area (Å²) in [5, 5.41) is 9.14. The molecule has 0 atom stereocenters. The molecular formula is C23H23Cl2FN2O4S. The number of ether oxygens (including phenoxy) is 2. The predicted molar refractivity (Wildman–Crippen MR) is 127 cm³/mol. The van der Waals surface area contributed by atoms with Gasteiger partial charge in [0, 0.05) is 23.2 Å². The van der Waals surface area contributed by atoms with Gasteiger partial charge in [0.25, 0.3) is 0 Å². The highest BCUT2D eigenvalue weighted by atomic mass is 35.5. The summed E-state index contributed by atoms with van der Waals surface area (Å²) < 4.78 is 47.8. The van der Waals surface area contributed by atoms with Crippen LogP contribution in [0.2, 0.25) is 10.0 Å². The van der Waals surface area contributed by atoms with E-state index in [1.54, 1.807) is 30.3 Å². The predicted octanol–water partition coefficient (Wildman–Crippen LogP) is 4.70. The molecule has 3 aromatic carbocycles. The van der Waals surface area contributed by atoms with Crippen LogP contribution in [0.15, 0.2) is 59.5 Å². The van der Waals surface area contributed by atoms with Gasteiger partial charge >= 0.3 is 0 Å². The topological polar surface area (TPSA) is 90.6 Å². The fourth-order valence-corrected chi connectivity index (χ4v) is 4.06. The zero-order valence-corrected chi connectivity index (χ0v) is 20.1. The maximum absolute atomic E-state index is 14.0. The van der Waals surface area contributed by atoms with Crippen LogP contribution in [-0.4, -0.2) is 22.1 Å². The summed E-state index contributed by atoms with van der Waals surface area (Å²) in [6.45, 7) is 1.04. The van der Waals surface area contributed by atoms with Crippen molar-refractivity contribution in [1.82, 2.24) is 5.32 Å². The molecule has 6 nitrogen and oxygen atoms in total. The van der Waals surface area contributed by atoms with Crippen molar-refractivity contribution in [2.75, 3.05) is 13.7 Å². The van der Waals surface area contributed by atoms with Gasteiger partial charge in [0.05, 0.1) is 17.0 Å². The number of nitrogens with two attached hydrogens (primary N) is 1. The highest BCUT2D eigenvalue weighted by molar-refractivity contribution is 7.89. The quantitative estimate of drug-likeness (QED) is 0.384. The molecule has 0 spiro atoms. The number of hydrogen-bond donors (Lipinski definition) is 2. The first-order chi connectivity index (χ1) is 15.7. The van der Waals surface area contributed by atoms with Gasteiger partial charge in [-0.15, -0.1) is 0 Å². The van der Waals surface area contributed by atoms with E-state index in [0.717, 1.165) is 11.1 Å². The molecule has 0 saturated carbocycles. The number of sulfonamides is 1. The Morgan fingerprint density at radius 1 is 1.03 bits per heavy atom. The number of primary sulfonamides is 1. The smallest absolute Gasteiger partial charge is 0.238 e. The van der Waals surface area contributed by atoms with E-state index in [2.05, 4.69) is 5.32 Å². The van der Waals surface area contributed by atoms with Crippen LogP contribution >= 0.6 is 23.2 Å². The second-order valence-corrected chi connectivity index (χ2v) is 9.57. The normalized spacial score (nSPS) is 11.4. The van der Waals surface area contributed by atoms with E-state index in [9.17, 15) is 12.8 Å². The molecule has 0 unspecified atom stereocenters. The minimum Gasteiger partial charge on any atom is -0.493 e. The third kappa shape index (κ3) is 6.82. The minimum atomic E-state index is -3.70. The third-order valence-electron chi connectivity index (χ3n) is 4.92. The molecule has 0 heterocycles. The van der Waals surface area contributed by atoms with Gasteiger partial charge in [-0.25, -0.2) is 17.9 Å². The molecular weight excluding hydrogens is 490 g/mol. The standard InChI is InChI=1S/C23H23Cl2FN2O4S/c1-31-22-11-16(13-28-10-9-15-5-7-17(8-6-15)33(27,29)30)20(25)12-23(22)32-14-18-19(24)3-2-4-21(18)26/h2-8,11-12,28H,9-10,13-14H2,1H3,(H2,27,29,30). The highest BCUT2D eigenvalue weighted by Gasteiger charge is 2.13. The Kier molecular flexibility index (Phi) is 8.56. The Morgan fingerprint density at radius 3 is 2.39 bits per heavy atom. The number of hydrogen-bond acceptors (Lipinski definition) is 5. The van der Waals surface area contributed by atoms with Gasteiger partial charge in [-0.2, -0.15) is 0 Å². The molecule has 0 radical (unpaired) electrons. The summed E-state index contributed by atoms with van der Waals surface area (Å²) in [6.07, 6.45) is 0.685. The summed E-state index contributed by atoms with van der Waals surface area (Å²) in [7, 11) is -2.19. The second kappa shape index (κ2) is 11.2. The van der Waals surface area contributed by atoms with Crippen molar-refractivity contribution >= 4 is 33.2 Å². The van der Waals surface area contributed by atoms with Crippen LogP contribution in [0.4, 0.5) is 4.39 Å². The van der Waals surface area contributed by atoms with Gasteiger partial charge in [-0.1, -0.05) is 41.4 Å². The lowest BCUT2D eigenvalue weighted by molar-refractivity contribution is 0.279. The molecule has 3 aromatic rings. The first-order valence-electron chi connectivity index (χ1n) is 9.93. The fraction of sp³-hybridized carbons (Fsp3) is 0.217. The second-order valence-electron chi connectivity index (χ2n) is 7.20. The molecule has 176 valence electrons. The SMILES string of the molecule is COc1cc(CNCCc2ccc(S(N)(=O)=O)cc2)c(Cl)cc1OCc1c(F)cccc1Cl. The van der Waals surface area contributed by atoms with Crippen LogP contribution < -0.4 is 19.9 Å². The maximum atomic E-state index is 14.0. The number of nitrogens with one attached hydrogen (secondary N) is 1. The summed E-state index contributed by atoms with van der Waals surface area (Å²) in [4.78, 5) is 0.0812. The first-order valence-corrected chi connectivity index (χ1v) is 12.2. The molecule has 0 aliphatic carbocycles. The Hall–Kier alpha value is -2.36. The van der Waals surface area contributed by atoms with E-state index in [-0.39, 0.29) is 22.1 Å². The molecule has 0 amide bonds. The van der Waals surface area contributed by atoms with Crippen LogP contribution in [0.3, 0.4) is 0 Å². The highest BCUT2D eigenvalue weighted by Crippen LogP contribution is 2.34. The molecule has 3 N–H and O–H groups in total. The van der Waals surface area contributed by atoms with Gasteiger partial charge in [-0.05, 0) is 54.4 Å². The van der Waals surface area contributed by atoms with Gasteiger partial charge in [0.15, 0.2) is 11.5 Å². The Balaban J connectivity index is 1.59.